The van der Waals surface area contributed by atoms with Crippen LogP contribution in [0.25, 0.3) is 0 Å². The van der Waals surface area contributed by atoms with Crippen LogP contribution in [0.1, 0.15) is 38.7 Å². The second kappa shape index (κ2) is 6.21. The zero-order valence-electron chi connectivity index (χ0n) is 14.2. The SMILES string of the molecule is CC(=O)N1CC2(CCN(Cc3cccnc3)CC2)CC1(C)CO. The molecule has 0 radical (unpaired) electrons. The number of hydrogen-bond donors (Lipinski definition) is 1. The number of likely N-dealkylation sites (tertiary alicyclic amines) is 2. The molecule has 2 aliphatic heterocycles. The number of hydrogen-bond acceptors (Lipinski definition) is 4. The highest BCUT2D eigenvalue weighted by atomic mass is 16.3. The van der Waals surface area contributed by atoms with E-state index in [0.717, 1.165) is 45.4 Å². The molecule has 2 saturated heterocycles. The molecule has 5 nitrogen and oxygen atoms in total. The van der Waals surface area contributed by atoms with Gasteiger partial charge in [0.25, 0.3) is 0 Å². The number of amides is 1. The Morgan fingerprint density at radius 1 is 1.39 bits per heavy atom. The molecule has 1 amide bonds. The fourth-order valence-corrected chi connectivity index (χ4v) is 4.39. The Labute approximate surface area is 138 Å². The highest BCUT2D eigenvalue weighted by molar-refractivity contribution is 5.74. The van der Waals surface area contributed by atoms with E-state index in [4.69, 9.17) is 0 Å². The first kappa shape index (κ1) is 16.4. The molecular weight excluding hydrogens is 290 g/mol. The van der Waals surface area contributed by atoms with Gasteiger partial charge in [0.15, 0.2) is 0 Å². The quantitative estimate of drug-likeness (QED) is 0.921. The summed E-state index contributed by atoms with van der Waals surface area (Å²) in [7, 11) is 0. The molecule has 1 spiro atoms. The van der Waals surface area contributed by atoms with Crippen LogP contribution in [0.2, 0.25) is 0 Å². The summed E-state index contributed by atoms with van der Waals surface area (Å²) < 4.78 is 0. The highest BCUT2D eigenvalue weighted by Crippen LogP contribution is 2.48. The second-order valence-electron chi connectivity index (χ2n) is 7.57. The third kappa shape index (κ3) is 3.26. The van der Waals surface area contributed by atoms with Gasteiger partial charge in [0.2, 0.25) is 5.91 Å². The number of rotatable bonds is 3. The van der Waals surface area contributed by atoms with Crippen molar-refractivity contribution in [3.8, 4) is 0 Å². The molecule has 3 rings (SSSR count). The van der Waals surface area contributed by atoms with Gasteiger partial charge in [-0.1, -0.05) is 6.07 Å². The first-order chi connectivity index (χ1) is 11.0. The van der Waals surface area contributed by atoms with Crippen LogP contribution in [0.15, 0.2) is 24.5 Å². The Morgan fingerprint density at radius 3 is 2.65 bits per heavy atom. The van der Waals surface area contributed by atoms with Crippen molar-refractivity contribution in [3.63, 3.8) is 0 Å². The molecule has 1 aromatic rings. The van der Waals surface area contributed by atoms with Crippen molar-refractivity contribution in [1.29, 1.82) is 0 Å². The number of aliphatic hydroxyl groups excluding tert-OH is 1. The standard InChI is InChI=1S/C18H27N3O2/c1-15(23)21-13-18(12-17(21,2)14-22)5-8-20(9-6-18)11-16-4-3-7-19-10-16/h3-4,7,10,22H,5-6,8-9,11-14H2,1-2H3. The summed E-state index contributed by atoms with van der Waals surface area (Å²) >= 11 is 0. The van der Waals surface area contributed by atoms with Gasteiger partial charge in [-0.2, -0.15) is 0 Å². The molecule has 1 N–H and O–H groups in total. The van der Waals surface area contributed by atoms with Crippen molar-refractivity contribution < 1.29 is 9.90 Å². The maximum atomic E-state index is 11.9. The third-order valence-corrected chi connectivity index (χ3v) is 5.67. The third-order valence-electron chi connectivity index (χ3n) is 5.67. The van der Waals surface area contributed by atoms with Crippen LogP contribution in [0, 0.1) is 5.41 Å². The monoisotopic (exact) mass is 317 g/mol. The van der Waals surface area contributed by atoms with E-state index in [2.05, 4.69) is 16.0 Å². The van der Waals surface area contributed by atoms with Crippen LogP contribution in [0.4, 0.5) is 0 Å². The van der Waals surface area contributed by atoms with E-state index in [-0.39, 0.29) is 17.9 Å². The summed E-state index contributed by atoms with van der Waals surface area (Å²) in [5.74, 6) is 0.0798. The summed E-state index contributed by atoms with van der Waals surface area (Å²) in [5.41, 5.74) is 1.03. The molecule has 2 fully saturated rings. The minimum Gasteiger partial charge on any atom is -0.394 e. The Morgan fingerprint density at radius 2 is 2.13 bits per heavy atom. The Bertz CT molecular complexity index is 555. The second-order valence-corrected chi connectivity index (χ2v) is 7.57. The van der Waals surface area contributed by atoms with Gasteiger partial charge in [0, 0.05) is 32.4 Å². The van der Waals surface area contributed by atoms with Gasteiger partial charge in [-0.05, 0) is 56.3 Å². The zero-order valence-corrected chi connectivity index (χ0v) is 14.2. The number of nitrogens with zero attached hydrogens (tertiary/aromatic N) is 3. The van der Waals surface area contributed by atoms with E-state index >= 15 is 0 Å². The molecule has 5 heteroatoms. The van der Waals surface area contributed by atoms with Gasteiger partial charge >= 0.3 is 0 Å². The molecule has 23 heavy (non-hydrogen) atoms. The highest BCUT2D eigenvalue weighted by Gasteiger charge is 2.52. The van der Waals surface area contributed by atoms with Gasteiger partial charge in [0.05, 0.1) is 12.1 Å². The molecule has 0 aromatic carbocycles. The van der Waals surface area contributed by atoms with Crippen molar-refractivity contribution >= 4 is 5.91 Å². The van der Waals surface area contributed by atoms with Gasteiger partial charge in [-0.25, -0.2) is 0 Å². The summed E-state index contributed by atoms with van der Waals surface area (Å²) in [6, 6.07) is 4.10. The summed E-state index contributed by atoms with van der Waals surface area (Å²) in [6.07, 6.45) is 6.83. The number of carbonyl (C=O) groups excluding carboxylic acids is 1. The van der Waals surface area contributed by atoms with E-state index in [1.165, 1.54) is 5.56 Å². The summed E-state index contributed by atoms with van der Waals surface area (Å²) in [4.78, 5) is 20.5. The molecule has 1 atom stereocenters. The van der Waals surface area contributed by atoms with Crippen molar-refractivity contribution in [2.75, 3.05) is 26.2 Å². The van der Waals surface area contributed by atoms with Crippen LogP contribution in [-0.2, 0) is 11.3 Å². The van der Waals surface area contributed by atoms with E-state index in [9.17, 15) is 9.90 Å². The minimum absolute atomic E-state index is 0.0493. The fourth-order valence-electron chi connectivity index (χ4n) is 4.39. The lowest BCUT2D eigenvalue weighted by molar-refractivity contribution is -0.134. The number of pyridine rings is 1. The Kier molecular flexibility index (Phi) is 4.43. The number of piperidine rings is 1. The number of carbonyl (C=O) groups is 1. The topological polar surface area (TPSA) is 56.7 Å². The van der Waals surface area contributed by atoms with E-state index in [1.54, 1.807) is 13.1 Å². The first-order valence-corrected chi connectivity index (χ1v) is 8.47. The van der Waals surface area contributed by atoms with E-state index in [1.807, 2.05) is 24.1 Å². The maximum absolute atomic E-state index is 11.9. The Hall–Kier alpha value is -1.46. The van der Waals surface area contributed by atoms with Crippen molar-refractivity contribution in [1.82, 2.24) is 14.8 Å². The lowest BCUT2D eigenvalue weighted by atomic mass is 9.74. The average Bonchev–Trinajstić information content (AvgIpc) is 2.85. The van der Waals surface area contributed by atoms with Crippen LogP contribution in [0.3, 0.4) is 0 Å². The number of aliphatic hydroxyl groups is 1. The molecule has 0 aliphatic carbocycles. The van der Waals surface area contributed by atoms with Crippen LogP contribution >= 0.6 is 0 Å². The fraction of sp³-hybridized carbons (Fsp3) is 0.667. The normalized spacial score (nSPS) is 27.5. The predicted molar refractivity (Wildman–Crippen MR) is 88.7 cm³/mol. The van der Waals surface area contributed by atoms with Gasteiger partial charge < -0.3 is 10.0 Å². The molecule has 3 heterocycles. The molecule has 126 valence electrons. The lowest BCUT2D eigenvalue weighted by Crippen LogP contribution is -2.46. The molecule has 1 unspecified atom stereocenters. The summed E-state index contributed by atoms with van der Waals surface area (Å²) in [6.45, 7) is 7.51. The molecule has 0 saturated carbocycles. The van der Waals surface area contributed by atoms with E-state index in [0.29, 0.717) is 0 Å². The molecule has 1 aromatic heterocycles. The van der Waals surface area contributed by atoms with Crippen molar-refractivity contribution in [3.05, 3.63) is 30.1 Å². The van der Waals surface area contributed by atoms with E-state index < -0.39 is 5.54 Å². The van der Waals surface area contributed by atoms with Gasteiger partial charge in [-0.15, -0.1) is 0 Å². The molecule has 0 bridgehead atoms. The number of aromatic nitrogens is 1. The van der Waals surface area contributed by atoms with Gasteiger partial charge in [0.1, 0.15) is 0 Å². The van der Waals surface area contributed by atoms with Gasteiger partial charge in [-0.3, -0.25) is 14.7 Å². The predicted octanol–water partition coefficient (Wildman–Crippen LogP) is 1.67. The largest absolute Gasteiger partial charge is 0.394 e. The minimum atomic E-state index is -0.392. The van der Waals surface area contributed by atoms with Crippen molar-refractivity contribution in [2.45, 2.75) is 45.2 Å². The Balaban J connectivity index is 1.63. The molecule has 2 aliphatic rings. The van der Waals surface area contributed by atoms with Crippen LogP contribution < -0.4 is 0 Å². The zero-order chi connectivity index (χ0) is 16.5. The van der Waals surface area contributed by atoms with Crippen molar-refractivity contribution in [2.24, 2.45) is 5.41 Å². The molecular formula is C18H27N3O2. The smallest absolute Gasteiger partial charge is 0.219 e. The van der Waals surface area contributed by atoms with Crippen LogP contribution in [0.5, 0.6) is 0 Å². The maximum Gasteiger partial charge on any atom is 0.219 e. The average molecular weight is 317 g/mol. The van der Waals surface area contributed by atoms with Crippen LogP contribution in [-0.4, -0.2) is 57.6 Å². The summed E-state index contributed by atoms with van der Waals surface area (Å²) in [5, 5.41) is 9.79. The lowest BCUT2D eigenvalue weighted by Gasteiger charge is -2.39. The first-order valence-electron chi connectivity index (χ1n) is 8.47.